The van der Waals surface area contributed by atoms with Gasteiger partial charge in [0, 0.05) is 0 Å². The molecule has 0 aliphatic rings. The topological polar surface area (TPSA) is 175 Å². The summed E-state index contributed by atoms with van der Waals surface area (Å²) < 4.78 is 0.156. The fraction of sp³-hybridized carbons (Fsp3) is 0.571. The molecule has 0 aliphatic carbocycles. The Balaban J connectivity index is 3.14. The van der Waals surface area contributed by atoms with Gasteiger partial charge in [-0.25, -0.2) is 9.89 Å². The number of aromatic amines is 1. The molecule has 1 rings (SSSR count). The van der Waals surface area contributed by atoms with Crippen LogP contribution >= 0.6 is 0 Å². The molecule has 17 heavy (non-hydrogen) atoms. The van der Waals surface area contributed by atoms with E-state index in [4.69, 9.17) is 16.1 Å². The second kappa shape index (κ2) is 5.05. The Kier molecular flexibility index (Phi) is 3.96. The van der Waals surface area contributed by atoms with Crippen LogP contribution in [0.3, 0.4) is 0 Å². The third kappa shape index (κ3) is 2.50. The van der Waals surface area contributed by atoms with E-state index < -0.39 is 41.9 Å². The Labute approximate surface area is 93.5 Å². The second-order valence-electron chi connectivity index (χ2n) is 3.27. The highest BCUT2D eigenvalue weighted by molar-refractivity contribution is 5.02. The Morgan fingerprint density at radius 2 is 1.94 bits per heavy atom. The van der Waals surface area contributed by atoms with Gasteiger partial charge in [0.25, 0.3) is 5.56 Å². The lowest BCUT2D eigenvalue weighted by Crippen LogP contribution is -2.46. The first-order valence-corrected chi connectivity index (χ1v) is 4.52. The summed E-state index contributed by atoms with van der Waals surface area (Å²) in [6.45, 7) is -0.821. The highest BCUT2D eigenvalue weighted by Crippen LogP contribution is 2.12. The van der Waals surface area contributed by atoms with Crippen molar-refractivity contribution in [1.82, 2.24) is 14.9 Å². The van der Waals surface area contributed by atoms with Crippen LogP contribution in [-0.2, 0) is 0 Å². The molecular formula is C7H12N4O6. The minimum Gasteiger partial charge on any atom is -0.394 e. The number of hydrogen-bond donors (Lipinski definition) is 6. The fourth-order valence-corrected chi connectivity index (χ4v) is 1.10. The van der Waals surface area contributed by atoms with E-state index in [9.17, 15) is 19.8 Å². The molecule has 10 nitrogen and oxygen atoms in total. The minimum absolute atomic E-state index is 0.156. The molecule has 0 aromatic carbocycles. The summed E-state index contributed by atoms with van der Waals surface area (Å²) in [5.41, 5.74) is -2.76. The standard InChI is InChI=1S/C7H12N4O6/c8-11-6(16)3(9-10-7(11)17)5(15)4(14)2(13)1-12/h2,4-5,12-15H,1,8H2,(H,10,17)/t2-,4-,5-/m0/s1. The van der Waals surface area contributed by atoms with Gasteiger partial charge in [-0.1, -0.05) is 0 Å². The smallest absolute Gasteiger partial charge is 0.363 e. The summed E-state index contributed by atoms with van der Waals surface area (Å²) in [6, 6.07) is 0. The molecule has 0 saturated heterocycles. The molecular weight excluding hydrogens is 236 g/mol. The van der Waals surface area contributed by atoms with Gasteiger partial charge in [-0.3, -0.25) is 4.79 Å². The van der Waals surface area contributed by atoms with E-state index in [-0.39, 0.29) is 4.68 Å². The zero-order valence-corrected chi connectivity index (χ0v) is 8.52. The van der Waals surface area contributed by atoms with E-state index in [0.29, 0.717) is 0 Å². The molecule has 0 aliphatic heterocycles. The number of rotatable bonds is 4. The number of aliphatic hydroxyl groups is 4. The predicted octanol–water partition coefficient (Wildman–Crippen LogP) is -4.61. The zero-order valence-electron chi connectivity index (χ0n) is 8.52. The van der Waals surface area contributed by atoms with Gasteiger partial charge in [0.15, 0.2) is 5.69 Å². The molecule has 0 spiro atoms. The van der Waals surface area contributed by atoms with E-state index in [1.807, 2.05) is 5.10 Å². The SMILES string of the molecule is Nn1c(=O)[nH]nc([C@H](O)[C@@H](O)[C@@H](O)CO)c1=O. The average Bonchev–Trinajstić information content (AvgIpc) is 2.33. The molecule has 1 aromatic rings. The molecule has 0 fully saturated rings. The van der Waals surface area contributed by atoms with Crippen molar-refractivity contribution in [3.8, 4) is 0 Å². The maximum absolute atomic E-state index is 11.4. The number of hydrogen-bond acceptors (Lipinski definition) is 8. The first-order valence-electron chi connectivity index (χ1n) is 4.52. The Morgan fingerprint density at radius 1 is 1.35 bits per heavy atom. The largest absolute Gasteiger partial charge is 0.394 e. The summed E-state index contributed by atoms with van der Waals surface area (Å²) in [4.78, 5) is 22.2. The van der Waals surface area contributed by atoms with Gasteiger partial charge in [0.05, 0.1) is 6.61 Å². The first-order chi connectivity index (χ1) is 7.90. The third-order valence-corrected chi connectivity index (χ3v) is 2.11. The normalized spacial score (nSPS) is 16.5. The lowest BCUT2D eigenvalue weighted by Gasteiger charge is -2.20. The van der Waals surface area contributed by atoms with Crippen molar-refractivity contribution in [2.24, 2.45) is 0 Å². The van der Waals surface area contributed by atoms with Crippen molar-refractivity contribution in [1.29, 1.82) is 0 Å². The molecule has 0 saturated carbocycles. The Hall–Kier alpha value is -1.75. The quantitative estimate of drug-likeness (QED) is 0.288. The van der Waals surface area contributed by atoms with Gasteiger partial charge in [-0.2, -0.15) is 9.77 Å². The van der Waals surface area contributed by atoms with Crippen molar-refractivity contribution < 1.29 is 20.4 Å². The molecule has 96 valence electrons. The summed E-state index contributed by atoms with van der Waals surface area (Å²) in [5, 5.41) is 41.5. The Morgan fingerprint density at radius 3 is 2.47 bits per heavy atom. The van der Waals surface area contributed by atoms with E-state index >= 15 is 0 Å². The highest BCUT2D eigenvalue weighted by atomic mass is 16.4. The molecule has 0 unspecified atom stereocenters. The zero-order chi connectivity index (χ0) is 13.2. The fourth-order valence-electron chi connectivity index (χ4n) is 1.10. The van der Waals surface area contributed by atoms with Crippen molar-refractivity contribution in [2.45, 2.75) is 18.3 Å². The third-order valence-electron chi connectivity index (χ3n) is 2.11. The maximum atomic E-state index is 11.4. The Bertz CT molecular complexity index is 496. The van der Waals surface area contributed by atoms with Crippen LogP contribution < -0.4 is 17.1 Å². The van der Waals surface area contributed by atoms with Crippen LogP contribution in [-0.4, -0.2) is 54.1 Å². The summed E-state index contributed by atoms with van der Waals surface area (Å²) in [5.74, 6) is 5.05. The highest BCUT2D eigenvalue weighted by Gasteiger charge is 2.29. The molecule has 0 amide bonds. The number of nitrogens with one attached hydrogen (secondary N) is 1. The van der Waals surface area contributed by atoms with Gasteiger partial charge >= 0.3 is 5.69 Å². The van der Waals surface area contributed by atoms with Gasteiger partial charge < -0.3 is 26.3 Å². The first kappa shape index (κ1) is 13.3. The summed E-state index contributed by atoms with van der Waals surface area (Å²) >= 11 is 0. The van der Waals surface area contributed by atoms with Crippen LogP contribution in [0, 0.1) is 0 Å². The van der Waals surface area contributed by atoms with E-state index in [0.717, 1.165) is 0 Å². The van der Waals surface area contributed by atoms with Gasteiger partial charge in [0.2, 0.25) is 0 Å². The summed E-state index contributed by atoms with van der Waals surface area (Å²) in [7, 11) is 0. The van der Waals surface area contributed by atoms with Crippen LogP contribution in [0.1, 0.15) is 11.8 Å². The van der Waals surface area contributed by atoms with Crippen molar-refractivity contribution in [2.75, 3.05) is 12.4 Å². The van der Waals surface area contributed by atoms with Crippen LogP contribution in [0.4, 0.5) is 0 Å². The molecule has 1 heterocycles. The van der Waals surface area contributed by atoms with Gasteiger partial charge in [0.1, 0.15) is 18.3 Å². The average molecular weight is 248 g/mol. The van der Waals surface area contributed by atoms with Crippen LogP contribution in [0.25, 0.3) is 0 Å². The van der Waals surface area contributed by atoms with Crippen LogP contribution in [0.5, 0.6) is 0 Å². The van der Waals surface area contributed by atoms with Crippen molar-refractivity contribution >= 4 is 0 Å². The van der Waals surface area contributed by atoms with Crippen LogP contribution in [0.2, 0.25) is 0 Å². The number of H-pyrrole nitrogens is 1. The number of aliphatic hydroxyl groups excluding tert-OH is 4. The minimum atomic E-state index is -1.89. The van der Waals surface area contributed by atoms with E-state index in [2.05, 4.69) is 5.10 Å². The molecule has 7 N–H and O–H groups in total. The molecule has 0 radical (unpaired) electrons. The lowest BCUT2D eigenvalue weighted by atomic mass is 10.1. The van der Waals surface area contributed by atoms with Gasteiger partial charge in [-0.05, 0) is 0 Å². The van der Waals surface area contributed by atoms with Crippen molar-refractivity contribution in [3.05, 3.63) is 26.5 Å². The second-order valence-corrected chi connectivity index (χ2v) is 3.27. The molecule has 10 heteroatoms. The van der Waals surface area contributed by atoms with E-state index in [1.165, 1.54) is 0 Å². The number of nitrogens with two attached hydrogens (primary N) is 1. The monoisotopic (exact) mass is 248 g/mol. The number of nitrogen functional groups attached to an aromatic ring is 1. The summed E-state index contributed by atoms with van der Waals surface area (Å²) in [6.07, 6.45) is -5.40. The van der Waals surface area contributed by atoms with Gasteiger partial charge in [-0.15, -0.1) is 0 Å². The van der Waals surface area contributed by atoms with E-state index in [1.54, 1.807) is 0 Å². The lowest BCUT2D eigenvalue weighted by molar-refractivity contribution is -0.0797. The maximum Gasteiger partial charge on any atom is 0.363 e. The number of aromatic nitrogens is 3. The number of nitrogens with zero attached hydrogens (tertiary/aromatic N) is 2. The molecule has 3 atom stereocenters. The molecule has 0 bridgehead atoms. The molecule has 1 aromatic heterocycles. The van der Waals surface area contributed by atoms with Crippen molar-refractivity contribution in [3.63, 3.8) is 0 Å². The predicted molar refractivity (Wildman–Crippen MR) is 53.3 cm³/mol. The van der Waals surface area contributed by atoms with Crippen LogP contribution in [0.15, 0.2) is 9.59 Å².